The van der Waals surface area contributed by atoms with Crippen LogP contribution in [0.3, 0.4) is 0 Å². The van der Waals surface area contributed by atoms with Crippen LogP contribution < -0.4 is 5.73 Å². The Morgan fingerprint density at radius 1 is 1.20 bits per heavy atom. The van der Waals surface area contributed by atoms with E-state index < -0.39 is 0 Å². The quantitative estimate of drug-likeness (QED) is 0.814. The van der Waals surface area contributed by atoms with E-state index in [0.29, 0.717) is 12.6 Å². The van der Waals surface area contributed by atoms with Crippen molar-refractivity contribution in [2.24, 2.45) is 5.73 Å². The molecule has 1 heterocycles. The summed E-state index contributed by atoms with van der Waals surface area (Å²) in [6.07, 6.45) is 11.9. The molecule has 112 valence electrons. The van der Waals surface area contributed by atoms with Gasteiger partial charge in [-0.25, -0.2) is 4.39 Å². The van der Waals surface area contributed by atoms with Gasteiger partial charge in [0.05, 0.1) is 6.20 Å². The van der Waals surface area contributed by atoms with Crippen LogP contribution in [-0.4, -0.2) is 29.0 Å². The molecular formula is C16H26FN3. The zero-order valence-corrected chi connectivity index (χ0v) is 12.2. The molecule has 2 rings (SSSR count). The molecule has 0 radical (unpaired) electrons. The van der Waals surface area contributed by atoms with Crippen LogP contribution in [0.1, 0.15) is 50.5 Å². The third-order valence-electron chi connectivity index (χ3n) is 4.14. The van der Waals surface area contributed by atoms with Crippen molar-refractivity contribution in [3.63, 3.8) is 0 Å². The lowest BCUT2D eigenvalue weighted by atomic mass is 10.1. The molecule has 0 unspecified atom stereocenters. The van der Waals surface area contributed by atoms with Crippen LogP contribution in [0.25, 0.3) is 0 Å². The Balaban J connectivity index is 2.01. The molecule has 0 saturated heterocycles. The average Bonchev–Trinajstić information content (AvgIpc) is 2.72. The van der Waals surface area contributed by atoms with Gasteiger partial charge in [-0.2, -0.15) is 0 Å². The second-order valence-corrected chi connectivity index (χ2v) is 5.77. The highest BCUT2D eigenvalue weighted by Gasteiger charge is 2.20. The maximum absolute atomic E-state index is 13.3. The van der Waals surface area contributed by atoms with Crippen LogP contribution in [0.5, 0.6) is 0 Å². The van der Waals surface area contributed by atoms with Gasteiger partial charge >= 0.3 is 0 Å². The highest BCUT2D eigenvalue weighted by Crippen LogP contribution is 2.23. The molecule has 1 saturated carbocycles. The summed E-state index contributed by atoms with van der Waals surface area (Å²) < 4.78 is 13.3. The molecular weight excluding hydrogens is 253 g/mol. The molecule has 0 aliphatic heterocycles. The van der Waals surface area contributed by atoms with Crippen molar-refractivity contribution in [1.82, 2.24) is 9.88 Å². The summed E-state index contributed by atoms with van der Waals surface area (Å²) in [7, 11) is 0. The summed E-state index contributed by atoms with van der Waals surface area (Å²) in [6.45, 7) is 2.50. The molecule has 0 atom stereocenters. The smallest absolute Gasteiger partial charge is 0.141 e. The van der Waals surface area contributed by atoms with Crippen molar-refractivity contribution < 1.29 is 4.39 Å². The van der Waals surface area contributed by atoms with Crippen molar-refractivity contribution >= 4 is 0 Å². The molecule has 0 bridgehead atoms. The minimum absolute atomic E-state index is 0.248. The van der Waals surface area contributed by atoms with Crippen LogP contribution in [0.2, 0.25) is 0 Å². The van der Waals surface area contributed by atoms with Crippen LogP contribution >= 0.6 is 0 Å². The van der Waals surface area contributed by atoms with Gasteiger partial charge in [-0.3, -0.25) is 9.88 Å². The fourth-order valence-electron chi connectivity index (χ4n) is 3.08. The molecule has 20 heavy (non-hydrogen) atoms. The van der Waals surface area contributed by atoms with Gasteiger partial charge in [-0.05, 0) is 44.0 Å². The fraction of sp³-hybridized carbons (Fsp3) is 0.688. The monoisotopic (exact) mass is 279 g/mol. The molecule has 4 heteroatoms. The van der Waals surface area contributed by atoms with E-state index in [1.54, 1.807) is 12.3 Å². The number of halogens is 1. The number of rotatable bonds is 6. The number of pyridine rings is 1. The van der Waals surface area contributed by atoms with Crippen molar-refractivity contribution in [2.45, 2.75) is 57.5 Å². The van der Waals surface area contributed by atoms with E-state index in [4.69, 9.17) is 5.73 Å². The Morgan fingerprint density at radius 2 is 1.95 bits per heavy atom. The van der Waals surface area contributed by atoms with E-state index in [0.717, 1.165) is 25.1 Å². The van der Waals surface area contributed by atoms with Crippen LogP contribution in [-0.2, 0) is 6.54 Å². The minimum atomic E-state index is -0.248. The number of hydrogen-bond donors (Lipinski definition) is 1. The third kappa shape index (κ3) is 4.84. The zero-order chi connectivity index (χ0) is 14.2. The van der Waals surface area contributed by atoms with Gasteiger partial charge in [0, 0.05) is 18.8 Å². The molecule has 3 nitrogen and oxygen atoms in total. The van der Waals surface area contributed by atoms with E-state index >= 15 is 0 Å². The summed E-state index contributed by atoms with van der Waals surface area (Å²) >= 11 is 0. The number of hydrogen-bond acceptors (Lipinski definition) is 3. The van der Waals surface area contributed by atoms with Crippen molar-refractivity contribution in [2.75, 3.05) is 13.1 Å². The van der Waals surface area contributed by atoms with E-state index in [1.807, 2.05) is 0 Å². The summed E-state index contributed by atoms with van der Waals surface area (Å²) in [5, 5.41) is 0. The Hall–Kier alpha value is -1.00. The van der Waals surface area contributed by atoms with Gasteiger partial charge in [0.2, 0.25) is 0 Å². The van der Waals surface area contributed by atoms with Crippen LogP contribution in [0, 0.1) is 5.82 Å². The molecule has 1 aromatic rings. The van der Waals surface area contributed by atoms with E-state index in [2.05, 4.69) is 9.88 Å². The van der Waals surface area contributed by atoms with E-state index in [1.165, 1.54) is 44.7 Å². The highest BCUT2D eigenvalue weighted by molar-refractivity contribution is 5.10. The van der Waals surface area contributed by atoms with Crippen molar-refractivity contribution in [3.8, 4) is 0 Å². The zero-order valence-electron chi connectivity index (χ0n) is 12.2. The average molecular weight is 279 g/mol. The van der Waals surface area contributed by atoms with Crippen molar-refractivity contribution in [1.29, 1.82) is 0 Å². The Morgan fingerprint density at radius 3 is 2.60 bits per heavy atom. The fourth-order valence-corrected chi connectivity index (χ4v) is 3.08. The first-order valence-corrected chi connectivity index (χ1v) is 7.83. The second-order valence-electron chi connectivity index (χ2n) is 5.77. The molecule has 1 aromatic heterocycles. The molecule has 1 fully saturated rings. The third-order valence-corrected chi connectivity index (χ3v) is 4.14. The maximum atomic E-state index is 13.3. The van der Waals surface area contributed by atoms with Gasteiger partial charge in [-0.15, -0.1) is 0 Å². The van der Waals surface area contributed by atoms with Gasteiger partial charge < -0.3 is 5.73 Å². The molecule has 0 aromatic carbocycles. The first kappa shape index (κ1) is 15.4. The Labute approximate surface area is 121 Å². The topological polar surface area (TPSA) is 42.1 Å². The standard InChI is InChI=1S/C16H26FN3/c17-15-10-14(11-19-12-15)13-20(9-5-8-18)16-6-3-1-2-4-7-16/h10-12,16H,1-9,13,18H2. The highest BCUT2D eigenvalue weighted by atomic mass is 19.1. The predicted octanol–water partition coefficient (Wildman–Crippen LogP) is 3.09. The lowest BCUT2D eigenvalue weighted by molar-refractivity contribution is 0.169. The maximum Gasteiger partial charge on any atom is 0.141 e. The SMILES string of the molecule is NCCCN(Cc1cncc(F)c1)C1CCCCCC1. The first-order valence-electron chi connectivity index (χ1n) is 7.83. The molecule has 0 spiro atoms. The van der Waals surface area contributed by atoms with E-state index in [9.17, 15) is 4.39 Å². The summed E-state index contributed by atoms with van der Waals surface area (Å²) in [6, 6.07) is 2.21. The summed E-state index contributed by atoms with van der Waals surface area (Å²) in [5.41, 5.74) is 6.62. The Bertz CT molecular complexity index is 389. The lowest BCUT2D eigenvalue weighted by Crippen LogP contribution is -2.36. The predicted molar refractivity (Wildman–Crippen MR) is 79.8 cm³/mol. The number of nitrogens with zero attached hydrogens (tertiary/aromatic N) is 2. The van der Waals surface area contributed by atoms with Crippen LogP contribution in [0.15, 0.2) is 18.5 Å². The number of nitrogens with two attached hydrogens (primary N) is 1. The minimum Gasteiger partial charge on any atom is -0.330 e. The summed E-state index contributed by atoms with van der Waals surface area (Å²) in [4.78, 5) is 6.44. The molecule has 1 aliphatic rings. The normalized spacial score (nSPS) is 17.4. The van der Waals surface area contributed by atoms with Gasteiger partial charge in [0.15, 0.2) is 0 Å². The number of aromatic nitrogens is 1. The van der Waals surface area contributed by atoms with E-state index in [-0.39, 0.29) is 5.82 Å². The summed E-state index contributed by atoms with van der Waals surface area (Å²) in [5.74, 6) is -0.248. The second kappa shape index (κ2) is 8.32. The Kier molecular flexibility index (Phi) is 6.40. The first-order chi connectivity index (χ1) is 9.79. The van der Waals surface area contributed by atoms with Gasteiger partial charge in [0.25, 0.3) is 0 Å². The van der Waals surface area contributed by atoms with Gasteiger partial charge in [0.1, 0.15) is 5.82 Å². The van der Waals surface area contributed by atoms with Gasteiger partial charge in [-0.1, -0.05) is 25.7 Å². The molecule has 0 amide bonds. The molecule has 2 N–H and O–H groups in total. The lowest BCUT2D eigenvalue weighted by Gasteiger charge is -2.31. The molecule has 1 aliphatic carbocycles. The largest absolute Gasteiger partial charge is 0.330 e. The van der Waals surface area contributed by atoms with Crippen LogP contribution in [0.4, 0.5) is 4.39 Å². The van der Waals surface area contributed by atoms with Crippen molar-refractivity contribution in [3.05, 3.63) is 29.8 Å².